The Kier molecular flexibility index (Phi) is 3.63. The van der Waals surface area contributed by atoms with Gasteiger partial charge in [-0.25, -0.2) is 0 Å². The molecule has 0 aromatic carbocycles. The fourth-order valence-electron chi connectivity index (χ4n) is 1.95. The minimum atomic E-state index is 0.321. The topological polar surface area (TPSA) is 9.23 Å². The van der Waals surface area contributed by atoms with E-state index in [1.54, 1.807) is 0 Å². The zero-order valence-corrected chi connectivity index (χ0v) is 10.1. The molecule has 0 saturated carbocycles. The zero-order valence-electron chi connectivity index (χ0n) is 8.41. The van der Waals surface area contributed by atoms with Crippen molar-refractivity contribution in [1.82, 2.24) is 0 Å². The van der Waals surface area contributed by atoms with Crippen molar-refractivity contribution in [3.8, 4) is 0 Å². The van der Waals surface area contributed by atoms with Crippen molar-refractivity contribution in [3.63, 3.8) is 0 Å². The van der Waals surface area contributed by atoms with Gasteiger partial charge in [0.25, 0.3) is 0 Å². The summed E-state index contributed by atoms with van der Waals surface area (Å²) >= 11 is 3.12. The van der Waals surface area contributed by atoms with E-state index >= 15 is 0 Å². The quantitative estimate of drug-likeness (QED) is 0.632. The van der Waals surface area contributed by atoms with Gasteiger partial charge in [0.05, 0.1) is 0 Å². The summed E-state index contributed by atoms with van der Waals surface area (Å²) in [5.74, 6) is 2.13. The standard InChI is InChI=1S/C10H19OSe/c1-5-9-7(3)6(2)8(4)10(12)11-9/h6-10H,5H2,1-4H3. The molecule has 1 radical (unpaired) electrons. The van der Waals surface area contributed by atoms with Gasteiger partial charge in [0, 0.05) is 0 Å². The molecule has 5 unspecified atom stereocenters. The second kappa shape index (κ2) is 4.13. The summed E-state index contributed by atoms with van der Waals surface area (Å²) in [5, 5.41) is 0.321. The fourth-order valence-corrected chi connectivity index (χ4v) is 2.77. The van der Waals surface area contributed by atoms with Gasteiger partial charge in [0.2, 0.25) is 0 Å². The summed E-state index contributed by atoms with van der Waals surface area (Å²) in [6, 6.07) is 0. The van der Waals surface area contributed by atoms with E-state index < -0.39 is 0 Å². The Morgan fingerprint density at radius 1 is 1.08 bits per heavy atom. The Morgan fingerprint density at radius 2 is 1.67 bits per heavy atom. The van der Waals surface area contributed by atoms with Gasteiger partial charge in [-0.2, -0.15) is 0 Å². The number of hydrogen-bond donors (Lipinski definition) is 0. The van der Waals surface area contributed by atoms with Crippen LogP contribution in [0, 0.1) is 17.8 Å². The summed E-state index contributed by atoms with van der Waals surface area (Å²) in [6.45, 7) is 9.12. The summed E-state index contributed by atoms with van der Waals surface area (Å²) in [7, 11) is 0. The van der Waals surface area contributed by atoms with Crippen LogP contribution in [0.1, 0.15) is 34.1 Å². The van der Waals surface area contributed by atoms with Crippen molar-refractivity contribution in [3.05, 3.63) is 0 Å². The van der Waals surface area contributed by atoms with Gasteiger partial charge in [-0.1, -0.05) is 0 Å². The third-order valence-corrected chi connectivity index (χ3v) is 4.52. The first-order valence-corrected chi connectivity index (χ1v) is 5.88. The predicted molar refractivity (Wildman–Crippen MR) is 52.2 cm³/mol. The Morgan fingerprint density at radius 3 is 2.17 bits per heavy atom. The predicted octanol–water partition coefficient (Wildman–Crippen LogP) is 2.20. The molecular formula is C10H19OSe. The molecule has 0 bridgehead atoms. The van der Waals surface area contributed by atoms with E-state index in [1.807, 2.05) is 0 Å². The van der Waals surface area contributed by atoms with Crippen LogP contribution in [0.25, 0.3) is 0 Å². The van der Waals surface area contributed by atoms with E-state index in [-0.39, 0.29) is 0 Å². The van der Waals surface area contributed by atoms with E-state index in [1.165, 1.54) is 0 Å². The van der Waals surface area contributed by atoms with Gasteiger partial charge < -0.3 is 0 Å². The number of rotatable bonds is 1. The first-order valence-electron chi connectivity index (χ1n) is 4.89. The third-order valence-electron chi connectivity index (χ3n) is 3.39. The number of ether oxygens (including phenoxy) is 1. The summed E-state index contributed by atoms with van der Waals surface area (Å²) in [5.41, 5.74) is 0. The molecule has 1 fully saturated rings. The minimum absolute atomic E-state index is 0.321. The van der Waals surface area contributed by atoms with E-state index in [4.69, 9.17) is 4.74 Å². The molecular weight excluding hydrogens is 215 g/mol. The maximum absolute atomic E-state index is 5.87. The van der Waals surface area contributed by atoms with Crippen LogP contribution in [0.5, 0.6) is 0 Å². The van der Waals surface area contributed by atoms with Crippen molar-refractivity contribution in [2.45, 2.75) is 45.2 Å². The van der Waals surface area contributed by atoms with Crippen LogP contribution in [-0.4, -0.2) is 27.1 Å². The molecule has 0 aliphatic carbocycles. The van der Waals surface area contributed by atoms with E-state index in [0.717, 1.165) is 12.3 Å². The van der Waals surface area contributed by atoms with E-state index in [9.17, 15) is 0 Å². The molecule has 0 amide bonds. The molecule has 1 aliphatic rings. The molecule has 0 aromatic rings. The normalized spacial score (nSPS) is 49.2. The zero-order chi connectivity index (χ0) is 9.30. The van der Waals surface area contributed by atoms with Crippen LogP contribution in [0.4, 0.5) is 0 Å². The van der Waals surface area contributed by atoms with Gasteiger partial charge in [0.1, 0.15) is 0 Å². The molecule has 1 saturated heterocycles. The molecule has 5 atom stereocenters. The van der Waals surface area contributed by atoms with Crippen LogP contribution in [0.2, 0.25) is 0 Å². The molecule has 71 valence electrons. The Balaban J connectivity index is 2.63. The second-order valence-electron chi connectivity index (χ2n) is 4.03. The van der Waals surface area contributed by atoms with Crippen molar-refractivity contribution in [2.75, 3.05) is 0 Å². The fraction of sp³-hybridized carbons (Fsp3) is 1.00. The second-order valence-corrected chi connectivity index (χ2v) is 5.00. The van der Waals surface area contributed by atoms with Crippen molar-refractivity contribution in [2.24, 2.45) is 17.8 Å². The molecule has 0 aromatic heterocycles. The van der Waals surface area contributed by atoms with Crippen LogP contribution >= 0.6 is 0 Å². The van der Waals surface area contributed by atoms with Gasteiger partial charge in [-0.05, 0) is 0 Å². The Labute approximate surface area is 84.1 Å². The van der Waals surface area contributed by atoms with Crippen LogP contribution < -0.4 is 0 Å². The van der Waals surface area contributed by atoms with Gasteiger partial charge >= 0.3 is 83.7 Å². The van der Waals surface area contributed by atoms with Crippen LogP contribution in [0.15, 0.2) is 0 Å². The average Bonchev–Trinajstić information content (AvgIpc) is 2.08. The van der Waals surface area contributed by atoms with E-state index in [0.29, 0.717) is 22.9 Å². The third kappa shape index (κ3) is 1.86. The molecule has 2 heteroatoms. The van der Waals surface area contributed by atoms with E-state index in [2.05, 4.69) is 43.7 Å². The van der Waals surface area contributed by atoms with Crippen LogP contribution in [0.3, 0.4) is 0 Å². The van der Waals surface area contributed by atoms with Gasteiger partial charge in [-0.3, -0.25) is 0 Å². The van der Waals surface area contributed by atoms with Crippen molar-refractivity contribution < 1.29 is 4.74 Å². The molecule has 1 heterocycles. The monoisotopic (exact) mass is 235 g/mol. The Bertz CT molecular complexity index is 144. The first kappa shape index (κ1) is 10.6. The van der Waals surface area contributed by atoms with Gasteiger partial charge in [-0.15, -0.1) is 0 Å². The number of hydrogen-bond acceptors (Lipinski definition) is 1. The molecule has 12 heavy (non-hydrogen) atoms. The first-order chi connectivity index (χ1) is 5.57. The molecule has 1 aliphatic heterocycles. The Hall–Kier alpha value is 0.479. The summed E-state index contributed by atoms with van der Waals surface area (Å²) in [6.07, 6.45) is 1.60. The summed E-state index contributed by atoms with van der Waals surface area (Å²) in [4.78, 5) is 0. The van der Waals surface area contributed by atoms with Crippen molar-refractivity contribution >= 4 is 16.0 Å². The van der Waals surface area contributed by atoms with Gasteiger partial charge in [0.15, 0.2) is 0 Å². The van der Waals surface area contributed by atoms with Crippen LogP contribution in [-0.2, 0) is 4.74 Å². The SMILES string of the molecule is CCC1OC([Se])C(C)C(C)C1C. The molecule has 1 rings (SSSR count). The molecule has 0 spiro atoms. The molecule has 0 N–H and O–H groups in total. The maximum atomic E-state index is 5.87. The molecule has 1 nitrogen and oxygen atoms in total. The summed E-state index contributed by atoms with van der Waals surface area (Å²) < 4.78 is 5.87. The average molecular weight is 234 g/mol. The van der Waals surface area contributed by atoms with Crippen molar-refractivity contribution in [1.29, 1.82) is 0 Å².